The zero-order valence-corrected chi connectivity index (χ0v) is 16.6. The number of fused-ring (bicyclic) bond motifs is 1. The molecule has 10 heteroatoms. The zero-order chi connectivity index (χ0) is 20.4. The molecular formula is C18H18N4O5S. The summed E-state index contributed by atoms with van der Waals surface area (Å²) in [6, 6.07) is 7.14. The Hall–Kier alpha value is -3.14. The molecule has 0 atom stereocenters. The van der Waals surface area contributed by atoms with E-state index in [2.05, 4.69) is 14.7 Å². The van der Waals surface area contributed by atoms with Gasteiger partial charge in [-0.05, 0) is 12.1 Å². The average Bonchev–Trinajstić information content (AvgIpc) is 2.73. The Morgan fingerprint density at radius 1 is 1.11 bits per heavy atom. The molecule has 0 saturated heterocycles. The Morgan fingerprint density at radius 3 is 2.50 bits per heavy atom. The van der Waals surface area contributed by atoms with Gasteiger partial charge in [-0.1, -0.05) is 23.9 Å². The molecule has 0 aliphatic heterocycles. The molecule has 0 unspecified atom stereocenters. The number of hydrogen-bond acceptors (Lipinski definition) is 8. The van der Waals surface area contributed by atoms with Gasteiger partial charge in [-0.2, -0.15) is 0 Å². The molecule has 3 aromatic rings. The second-order valence-electron chi connectivity index (χ2n) is 5.82. The van der Waals surface area contributed by atoms with Gasteiger partial charge in [-0.25, -0.2) is 14.8 Å². The molecule has 146 valence electrons. The standard InChI is InChI=1S/C18H18N4O5S/c1-21-15-13(17(24)22(2)18(21)25)16(28-9-12(23)27-4)20-14(19-15)10-7-5-6-8-11(10)26-3/h5-8H,9H2,1-4H3. The van der Waals surface area contributed by atoms with Gasteiger partial charge in [-0.15, -0.1) is 0 Å². The summed E-state index contributed by atoms with van der Waals surface area (Å²) < 4.78 is 12.3. The van der Waals surface area contributed by atoms with Crippen LogP contribution in [0.3, 0.4) is 0 Å². The van der Waals surface area contributed by atoms with E-state index < -0.39 is 17.2 Å². The van der Waals surface area contributed by atoms with Crippen molar-refractivity contribution in [1.29, 1.82) is 0 Å². The molecule has 0 spiro atoms. The van der Waals surface area contributed by atoms with Crippen molar-refractivity contribution < 1.29 is 14.3 Å². The van der Waals surface area contributed by atoms with Crippen LogP contribution in [0.25, 0.3) is 22.4 Å². The number of aromatic nitrogens is 4. The van der Waals surface area contributed by atoms with Crippen molar-refractivity contribution in [2.24, 2.45) is 14.1 Å². The van der Waals surface area contributed by atoms with Crippen molar-refractivity contribution in [3.8, 4) is 17.1 Å². The Labute approximate surface area is 163 Å². The predicted octanol–water partition coefficient (Wildman–Crippen LogP) is 0.968. The van der Waals surface area contributed by atoms with Gasteiger partial charge in [0.2, 0.25) is 0 Å². The summed E-state index contributed by atoms with van der Waals surface area (Å²) >= 11 is 1.05. The number of thioether (sulfide) groups is 1. The van der Waals surface area contributed by atoms with Gasteiger partial charge in [0.05, 0.1) is 25.5 Å². The summed E-state index contributed by atoms with van der Waals surface area (Å²) in [6.45, 7) is 0. The normalized spacial score (nSPS) is 10.9. The summed E-state index contributed by atoms with van der Waals surface area (Å²) in [5.41, 5.74) is -0.264. The third kappa shape index (κ3) is 3.38. The Balaban J connectivity index is 2.35. The van der Waals surface area contributed by atoms with E-state index in [9.17, 15) is 14.4 Å². The van der Waals surface area contributed by atoms with Crippen LogP contribution in [0.4, 0.5) is 0 Å². The van der Waals surface area contributed by atoms with Crippen LogP contribution in [-0.4, -0.2) is 45.0 Å². The lowest BCUT2D eigenvalue weighted by molar-refractivity contribution is -0.137. The number of ether oxygens (including phenoxy) is 2. The van der Waals surface area contributed by atoms with E-state index in [1.165, 1.54) is 32.9 Å². The fraction of sp³-hybridized carbons (Fsp3) is 0.278. The highest BCUT2D eigenvalue weighted by atomic mass is 32.2. The van der Waals surface area contributed by atoms with Gasteiger partial charge in [0.1, 0.15) is 16.2 Å². The number of methoxy groups -OCH3 is 2. The highest BCUT2D eigenvalue weighted by Gasteiger charge is 2.20. The van der Waals surface area contributed by atoms with Crippen LogP contribution in [-0.2, 0) is 23.6 Å². The lowest BCUT2D eigenvalue weighted by atomic mass is 10.2. The van der Waals surface area contributed by atoms with E-state index in [0.717, 1.165) is 16.3 Å². The maximum absolute atomic E-state index is 12.7. The van der Waals surface area contributed by atoms with Crippen LogP contribution in [0.15, 0.2) is 38.9 Å². The second kappa shape index (κ2) is 7.85. The third-order valence-electron chi connectivity index (χ3n) is 4.17. The molecule has 1 aromatic carbocycles. The minimum atomic E-state index is -0.531. The van der Waals surface area contributed by atoms with Gasteiger partial charge in [0, 0.05) is 14.1 Å². The molecule has 0 saturated carbocycles. The number of rotatable bonds is 5. The Morgan fingerprint density at radius 2 is 1.82 bits per heavy atom. The molecule has 0 N–H and O–H groups in total. The molecule has 28 heavy (non-hydrogen) atoms. The quantitative estimate of drug-likeness (QED) is 0.353. The molecule has 0 amide bonds. The smallest absolute Gasteiger partial charge is 0.332 e. The van der Waals surface area contributed by atoms with E-state index in [0.29, 0.717) is 11.3 Å². The van der Waals surface area contributed by atoms with Crippen LogP contribution >= 0.6 is 11.8 Å². The fourth-order valence-corrected chi connectivity index (χ4v) is 3.52. The number of para-hydroxylation sites is 1. The molecule has 0 bridgehead atoms. The Kier molecular flexibility index (Phi) is 5.50. The third-order valence-corrected chi connectivity index (χ3v) is 5.12. The molecular weight excluding hydrogens is 384 g/mol. The number of carbonyl (C=O) groups excluding carboxylic acids is 1. The van der Waals surface area contributed by atoms with Crippen LogP contribution in [0.1, 0.15) is 0 Å². The summed E-state index contributed by atoms with van der Waals surface area (Å²) in [6.07, 6.45) is 0. The fourth-order valence-electron chi connectivity index (χ4n) is 2.67. The van der Waals surface area contributed by atoms with Gasteiger partial charge in [0.25, 0.3) is 5.56 Å². The SMILES string of the molecule is COC(=O)CSc1nc(-c2ccccc2OC)nc2c1c(=O)n(C)c(=O)n2C. The van der Waals surface area contributed by atoms with E-state index in [1.807, 2.05) is 6.07 Å². The summed E-state index contributed by atoms with van der Waals surface area (Å²) in [5.74, 6) is 0.317. The summed E-state index contributed by atoms with van der Waals surface area (Å²) in [4.78, 5) is 45.6. The van der Waals surface area contributed by atoms with Gasteiger partial charge < -0.3 is 9.47 Å². The topological polar surface area (TPSA) is 105 Å². The van der Waals surface area contributed by atoms with E-state index in [4.69, 9.17) is 4.74 Å². The maximum Gasteiger partial charge on any atom is 0.332 e. The van der Waals surface area contributed by atoms with E-state index in [-0.39, 0.29) is 27.6 Å². The summed E-state index contributed by atoms with van der Waals surface area (Å²) in [5, 5.41) is 0.449. The van der Waals surface area contributed by atoms with Crippen molar-refractivity contribution in [3.63, 3.8) is 0 Å². The van der Waals surface area contributed by atoms with Gasteiger partial charge in [-0.3, -0.25) is 18.7 Å². The first-order chi connectivity index (χ1) is 13.4. The molecule has 2 heterocycles. The van der Waals surface area contributed by atoms with Crippen molar-refractivity contribution >= 4 is 28.8 Å². The van der Waals surface area contributed by atoms with Crippen LogP contribution in [0.5, 0.6) is 5.75 Å². The number of benzene rings is 1. The van der Waals surface area contributed by atoms with Crippen molar-refractivity contribution in [1.82, 2.24) is 19.1 Å². The zero-order valence-electron chi connectivity index (χ0n) is 15.8. The highest BCUT2D eigenvalue weighted by Crippen LogP contribution is 2.30. The molecule has 0 aliphatic carbocycles. The van der Waals surface area contributed by atoms with E-state index in [1.54, 1.807) is 18.2 Å². The number of carbonyl (C=O) groups is 1. The van der Waals surface area contributed by atoms with Crippen LogP contribution in [0, 0.1) is 0 Å². The molecule has 0 fully saturated rings. The van der Waals surface area contributed by atoms with Crippen molar-refractivity contribution in [3.05, 3.63) is 45.1 Å². The maximum atomic E-state index is 12.7. The number of nitrogens with zero attached hydrogens (tertiary/aromatic N) is 4. The first-order valence-electron chi connectivity index (χ1n) is 8.19. The highest BCUT2D eigenvalue weighted by molar-refractivity contribution is 8.00. The molecule has 3 rings (SSSR count). The predicted molar refractivity (Wildman–Crippen MR) is 105 cm³/mol. The lowest BCUT2D eigenvalue weighted by Gasteiger charge is -2.13. The first-order valence-corrected chi connectivity index (χ1v) is 9.18. The first kappa shape index (κ1) is 19.6. The van der Waals surface area contributed by atoms with Gasteiger partial charge in [0.15, 0.2) is 11.5 Å². The van der Waals surface area contributed by atoms with Crippen molar-refractivity contribution in [2.45, 2.75) is 5.03 Å². The number of aryl methyl sites for hydroxylation is 1. The number of hydrogen-bond donors (Lipinski definition) is 0. The second-order valence-corrected chi connectivity index (χ2v) is 6.79. The van der Waals surface area contributed by atoms with Crippen LogP contribution < -0.4 is 16.0 Å². The molecule has 0 radical (unpaired) electrons. The largest absolute Gasteiger partial charge is 0.496 e. The lowest BCUT2D eigenvalue weighted by Crippen LogP contribution is -2.37. The molecule has 2 aromatic heterocycles. The monoisotopic (exact) mass is 402 g/mol. The number of esters is 1. The van der Waals surface area contributed by atoms with Crippen molar-refractivity contribution in [2.75, 3.05) is 20.0 Å². The van der Waals surface area contributed by atoms with Crippen LogP contribution in [0.2, 0.25) is 0 Å². The molecule has 0 aliphatic rings. The molecule has 9 nitrogen and oxygen atoms in total. The minimum absolute atomic E-state index is 0.0417. The minimum Gasteiger partial charge on any atom is -0.496 e. The average molecular weight is 402 g/mol. The van der Waals surface area contributed by atoms with Gasteiger partial charge >= 0.3 is 11.7 Å². The Bertz CT molecular complexity index is 1190. The summed E-state index contributed by atoms with van der Waals surface area (Å²) in [7, 11) is 5.72. The van der Waals surface area contributed by atoms with E-state index >= 15 is 0 Å².